The van der Waals surface area contributed by atoms with Crippen molar-refractivity contribution in [3.05, 3.63) is 59.3 Å². The molecule has 1 aromatic carbocycles. The van der Waals surface area contributed by atoms with Crippen LogP contribution in [0, 0.1) is 0 Å². The summed E-state index contributed by atoms with van der Waals surface area (Å²) in [5, 5.41) is 13.8. The number of methoxy groups -OCH3 is 1. The summed E-state index contributed by atoms with van der Waals surface area (Å²) in [6.07, 6.45) is 1.05. The molecule has 2 heterocycles. The van der Waals surface area contributed by atoms with Crippen LogP contribution in [-0.4, -0.2) is 17.2 Å². The Morgan fingerprint density at radius 2 is 2.16 bits per heavy atom. The lowest BCUT2D eigenvalue weighted by molar-refractivity contribution is 0.133. The fourth-order valence-electron chi connectivity index (χ4n) is 2.49. The number of aliphatic hydroxyl groups is 1. The molecule has 0 bridgehead atoms. The third-order valence-electron chi connectivity index (χ3n) is 3.53. The van der Waals surface area contributed by atoms with E-state index in [0.717, 1.165) is 17.7 Å². The van der Waals surface area contributed by atoms with Crippen LogP contribution in [0.5, 0.6) is 5.88 Å². The zero-order chi connectivity index (χ0) is 13.2. The molecule has 0 spiro atoms. The standard InChI is InChI=1S/C15H16N2O2/c1-19-13-7-6-11(9-16-13)15(18)14-12-5-3-2-4-10(12)8-17-14/h2-7,9,14-15,17-18H,8H2,1H3. The first-order valence-corrected chi connectivity index (χ1v) is 6.29. The van der Waals surface area contributed by atoms with Crippen LogP contribution < -0.4 is 10.1 Å². The van der Waals surface area contributed by atoms with E-state index < -0.39 is 6.10 Å². The number of rotatable bonds is 3. The van der Waals surface area contributed by atoms with Crippen molar-refractivity contribution in [2.75, 3.05) is 7.11 Å². The van der Waals surface area contributed by atoms with Crippen LogP contribution in [-0.2, 0) is 6.54 Å². The van der Waals surface area contributed by atoms with Crippen molar-refractivity contribution >= 4 is 0 Å². The van der Waals surface area contributed by atoms with Gasteiger partial charge in [-0.3, -0.25) is 0 Å². The number of hydrogen-bond acceptors (Lipinski definition) is 4. The van der Waals surface area contributed by atoms with Gasteiger partial charge in [0, 0.05) is 24.4 Å². The molecule has 0 fully saturated rings. The molecule has 1 aromatic heterocycles. The van der Waals surface area contributed by atoms with Crippen LogP contribution in [0.1, 0.15) is 28.8 Å². The Morgan fingerprint density at radius 3 is 2.89 bits per heavy atom. The van der Waals surface area contributed by atoms with Crippen molar-refractivity contribution in [1.82, 2.24) is 10.3 Å². The van der Waals surface area contributed by atoms with Gasteiger partial charge in [-0.15, -0.1) is 0 Å². The minimum atomic E-state index is -0.609. The van der Waals surface area contributed by atoms with Crippen LogP contribution in [0.25, 0.3) is 0 Å². The second-order valence-corrected chi connectivity index (χ2v) is 4.64. The van der Waals surface area contributed by atoms with E-state index in [2.05, 4.69) is 22.4 Å². The molecular formula is C15H16N2O2. The Labute approximate surface area is 112 Å². The first-order valence-electron chi connectivity index (χ1n) is 6.29. The van der Waals surface area contributed by atoms with E-state index in [9.17, 15) is 5.11 Å². The molecule has 0 amide bonds. The van der Waals surface area contributed by atoms with Crippen molar-refractivity contribution in [1.29, 1.82) is 0 Å². The summed E-state index contributed by atoms with van der Waals surface area (Å²) in [6.45, 7) is 0.793. The topological polar surface area (TPSA) is 54.4 Å². The fraction of sp³-hybridized carbons (Fsp3) is 0.267. The zero-order valence-electron chi connectivity index (χ0n) is 10.7. The van der Waals surface area contributed by atoms with Gasteiger partial charge in [-0.1, -0.05) is 24.3 Å². The average molecular weight is 256 g/mol. The molecule has 0 saturated carbocycles. The summed E-state index contributed by atoms with van der Waals surface area (Å²) in [5.74, 6) is 0.552. The highest BCUT2D eigenvalue weighted by Gasteiger charge is 2.28. The molecule has 0 radical (unpaired) electrons. The fourth-order valence-corrected chi connectivity index (χ4v) is 2.49. The first-order chi connectivity index (χ1) is 9.29. The van der Waals surface area contributed by atoms with E-state index in [0.29, 0.717) is 5.88 Å². The van der Waals surface area contributed by atoms with Gasteiger partial charge < -0.3 is 15.2 Å². The third-order valence-corrected chi connectivity index (χ3v) is 3.53. The van der Waals surface area contributed by atoms with E-state index in [1.165, 1.54) is 5.56 Å². The monoisotopic (exact) mass is 256 g/mol. The summed E-state index contributed by atoms with van der Waals surface area (Å²) in [4.78, 5) is 4.14. The van der Waals surface area contributed by atoms with E-state index in [4.69, 9.17) is 4.74 Å². The summed E-state index contributed by atoms with van der Waals surface area (Å²) in [5.41, 5.74) is 3.19. The lowest BCUT2D eigenvalue weighted by Crippen LogP contribution is -2.20. The second-order valence-electron chi connectivity index (χ2n) is 4.64. The summed E-state index contributed by atoms with van der Waals surface area (Å²) >= 11 is 0. The maximum absolute atomic E-state index is 10.5. The van der Waals surface area contributed by atoms with Crippen molar-refractivity contribution in [2.24, 2.45) is 0 Å². The molecule has 3 rings (SSSR count). The molecule has 0 saturated heterocycles. The SMILES string of the molecule is COc1ccc(C(O)C2NCc3ccccc32)cn1. The number of aliphatic hydroxyl groups excluding tert-OH is 1. The highest BCUT2D eigenvalue weighted by atomic mass is 16.5. The molecule has 19 heavy (non-hydrogen) atoms. The van der Waals surface area contributed by atoms with Crippen LogP contribution in [0.2, 0.25) is 0 Å². The normalized spacial score (nSPS) is 18.9. The number of pyridine rings is 1. The molecular weight excluding hydrogens is 240 g/mol. The molecule has 2 atom stereocenters. The maximum Gasteiger partial charge on any atom is 0.212 e. The van der Waals surface area contributed by atoms with Gasteiger partial charge in [0.15, 0.2) is 0 Å². The van der Waals surface area contributed by atoms with Crippen LogP contribution >= 0.6 is 0 Å². The number of nitrogens with one attached hydrogen (secondary N) is 1. The predicted octanol–water partition coefficient (Wildman–Crippen LogP) is 1.97. The van der Waals surface area contributed by atoms with Gasteiger partial charge in [-0.2, -0.15) is 0 Å². The first kappa shape index (κ1) is 12.1. The molecule has 4 heteroatoms. The highest BCUT2D eigenvalue weighted by Crippen LogP contribution is 2.34. The van der Waals surface area contributed by atoms with Crippen molar-refractivity contribution in [3.63, 3.8) is 0 Å². The summed E-state index contributed by atoms with van der Waals surface area (Å²) < 4.78 is 5.02. The Hall–Kier alpha value is -1.91. The predicted molar refractivity (Wildman–Crippen MR) is 71.8 cm³/mol. The van der Waals surface area contributed by atoms with Gasteiger partial charge in [0.25, 0.3) is 0 Å². The van der Waals surface area contributed by atoms with Gasteiger partial charge in [0.2, 0.25) is 5.88 Å². The average Bonchev–Trinajstić information content (AvgIpc) is 2.90. The molecule has 1 aliphatic heterocycles. The van der Waals surface area contributed by atoms with Gasteiger partial charge >= 0.3 is 0 Å². The Morgan fingerprint density at radius 1 is 1.32 bits per heavy atom. The largest absolute Gasteiger partial charge is 0.481 e. The molecule has 2 unspecified atom stereocenters. The highest BCUT2D eigenvalue weighted by molar-refractivity contribution is 5.36. The lowest BCUT2D eigenvalue weighted by atomic mass is 9.97. The zero-order valence-corrected chi connectivity index (χ0v) is 10.7. The maximum atomic E-state index is 10.5. The number of aromatic nitrogens is 1. The molecule has 1 aliphatic rings. The van der Waals surface area contributed by atoms with Crippen LogP contribution in [0.15, 0.2) is 42.6 Å². The number of ether oxygens (including phenoxy) is 1. The van der Waals surface area contributed by atoms with Gasteiger partial charge in [0.1, 0.15) is 0 Å². The van der Waals surface area contributed by atoms with Crippen molar-refractivity contribution in [2.45, 2.75) is 18.7 Å². The summed E-state index contributed by atoms with van der Waals surface area (Å²) in [6, 6.07) is 11.7. The van der Waals surface area contributed by atoms with E-state index >= 15 is 0 Å². The second kappa shape index (κ2) is 4.99. The van der Waals surface area contributed by atoms with E-state index in [1.54, 1.807) is 19.4 Å². The molecule has 98 valence electrons. The minimum Gasteiger partial charge on any atom is -0.481 e. The van der Waals surface area contributed by atoms with Crippen molar-refractivity contribution in [3.8, 4) is 5.88 Å². The Bertz CT molecular complexity index is 569. The number of benzene rings is 1. The molecule has 2 N–H and O–H groups in total. The smallest absolute Gasteiger partial charge is 0.212 e. The number of fused-ring (bicyclic) bond motifs is 1. The van der Waals surface area contributed by atoms with Crippen LogP contribution in [0.4, 0.5) is 0 Å². The van der Waals surface area contributed by atoms with Gasteiger partial charge in [-0.05, 0) is 17.2 Å². The Kier molecular flexibility index (Phi) is 3.19. The van der Waals surface area contributed by atoms with Crippen molar-refractivity contribution < 1.29 is 9.84 Å². The number of nitrogens with zero attached hydrogens (tertiary/aromatic N) is 1. The van der Waals surface area contributed by atoms with E-state index in [-0.39, 0.29) is 6.04 Å². The summed E-state index contributed by atoms with van der Waals surface area (Å²) in [7, 11) is 1.58. The molecule has 4 nitrogen and oxygen atoms in total. The van der Waals surface area contributed by atoms with Gasteiger partial charge in [0.05, 0.1) is 19.3 Å². The minimum absolute atomic E-state index is 0.0774. The van der Waals surface area contributed by atoms with E-state index in [1.807, 2.05) is 18.2 Å². The van der Waals surface area contributed by atoms with Crippen LogP contribution in [0.3, 0.4) is 0 Å². The lowest BCUT2D eigenvalue weighted by Gasteiger charge is -2.19. The quantitative estimate of drug-likeness (QED) is 0.881. The number of hydrogen-bond donors (Lipinski definition) is 2. The van der Waals surface area contributed by atoms with Gasteiger partial charge in [-0.25, -0.2) is 4.98 Å². The molecule has 0 aliphatic carbocycles. The molecule has 2 aromatic rings. The third kappa shape index (κ3) is 2.20. The Balaban J connectivity index is 1.86.